The molecule has 0 bridgehead atoms. The van der Waals surface area contributed by atoms with Crippen LogP contribution in [0.3, 0.4) is 0 Å². The van der Waals surface area contributed by atoms with Crippen molar-refractivity contribution in [1.82, 2.24) is 20.0 Å². The Bertz CT molecular complexity index is 657. The number of ether oxygens (including phenoxy) is 2. The van der Waals surface area contributed by atoms with Gasteiger partial charge in [0.25, 0.3) is 0 Å². The summed E-state index contributed by atoms with van der Waals surface area (Å²) in [6.07, 6.45) is 3.59. The largest absolute Gasteiger partial charge is 0.463 e. The molecule has 2 heterocycles. The molecule has 1 atom stereocenters. The van der Waals surface area contributed by atoms with Crippen molar-refractivity contribution in [3.63, 3.8) is 0 Å². The molecule has 2 aromatic heterocycles. The molecule has 0 saturated heterocycles. The molecule has 0 aliphatic heterocycles. The van der Waals surface area contributed by atoms with Crippen molar-refractivity contribution in [2.24, 2.45) is 0 Å². The van der Waals surface area contributed by atoms with Gasteiger partial charge in [0.05, 0.1) is 31.5 Å². The maximum Gasteiger partial charge on any atom is 0.353 e. The van der Waals surface area contributed by atoms with Gasteiger partial charge in [-0.2, -0.15) is 0 Å². The lowest BCUT2D eigenvalue weighted by atomic mass is 10.1. The van der Waals surface area contributed by atoms with E-state index in [4.69, 9.17) is 9.47 Å². The van der Waals surface area contributed by atoms with Crippen LogP contribution in [0, 0.1) is 6.92 Å². The van der Waals surface area contributed by atoms with E-state index in [1.54, 1.807) is 32.2 Å². The fourth-order valence-electron chi connectivity index (χ4n) is 1.95. The van der Waals surface area contributed by atoms with Crippen LogP contribution in [0.2, 0.25) is 0 Å². The van der Waals surface area contributed by atoms with E-state index in [-0.39, 0.29) is 13.0 Å². The Hall–Kier alpha value is -2.77. The van der Waals surface area contributed by atoms with Gasteiger partial charge >= 0.3 is 11.9 Å². The normalized spacial score (nSPS) is 11.7. The smallest absolute Gasteiger partial charge is 0.353 e. The summed E-state index contributed by atoms with van der Waals surface area (Å²) in [5.74, 6) is -1.17. The number of carbonyl (C=O) groups excluding carboxylic acids is 2. The molecule has 0 aliphatic rings. The maximum atomic E-state index is 12.1. The second-order valence-corrected chi connectivity index (χ2v) is 4.74. The highest BCUT2D eigenvalue weighted by molar-refractivity contribution is 5.80. The van der Waals surface area contributed by atoms with E-state index < -0.39 is 18.0 Å². The second-order valence-electron chi connectivity index (χ2n) is 4.74. The Morgan fingerprint density at radius 2 is 2.17 bits per heavy atom. The monoisotopic (exact) mass is 318 g/mol. The SMILES string of the molecule is CCOC(=O)C(OC(=O)CCn1ccnn1)c1ncccc1C. The molecule has 0 amide bonds. The molecule has 0 saturated carbocycles. The minimum Gasteiger partial charge on any atom is -0.463 e. The first-order chi connectivity index (χ1) is 11.1. The van der Waals surface area contributed by atoms with E-state index in [0.29, 0.717) is 12.2 Å². The molecule has 23 heavy (non-hydrogen) atoms. The predicted molar refractivity (Wildman–Crippen MR) is 79.1 cm³/mol. The van der Waals surface area contributed by atoms with Crippen LogP contribution < -0.4 is 0 Å². The lowest BCUT2D eigenvalue weighted by molar-refractivity contribution is -0.168. The molecule has 0 aliphatic carbocycles. The number of esters is 2. The Morgan fingerprint density at radius 1 is 1.35 bits per heavy atom. The van der Waals surface area contributed by atoms with E-state index in [0.717, 1.165) is 5.56 Å². The van der Waals surface area contributed by atoms with Crippen LogP contribution in [0.1, 0.15) is 30.7 Å². The van der Waals surface area contributed by atoms with Gasteiger partial charge in [-0.05, 0) is 25.5 Å². The van der Waals surface area contributed by atoms with Gasteiger partial charge in [-0.1, -0.05) is 11.3 Å². The highest BCUT2D eigenvalue weighted by atomic mass is 16.6. The fraction of sp³-hybridized carbons (Fsp3) is 0.400. The molecule has 0 N–H and O–H groups in total. The second kappa shape index (κ2) is 8.02. The van der Waals surface area contributed by atoms with E-state index in [1.807, 2.05) is 0 Å². The summed E-state index contributed by atoms with van der Waals surface area (Å²) in [6.45, 7) is 3.98. The summed E-state index contributed by atoms with van der Waals surface area (Å²) in [6, 6.07) is 3.53. The van der Waals surface area contributed by atoms with Crippen LogP contribution in [-0.2, 0) is 25.6 Å². The van der Waals surface area contributed by atoms with Crippen LogP contribution in [0.15, 0.2) is 30.7 Å². The summed E-state index contributed by atoms with van der Waals surface area (Å²) in [5, 5.41) is 7.41. The van der Waals surface area contributed by atoms with Crippen LogP contribution >= 0.6 is 0 Å². The first kappa shape index (κ1) is 16.6. The Morgan fingerprint density at radius 3 is 2.83 bits per heavy atom. The van der Waals surface area contributed by atoms with E-state index in [2.05, 4.69) is 15.3 Å². The summed E-state index contributed by atoms with van der Waals surface area (Å²) < 4.78 is 11.8. The Balaban J connectivity index is 2.06. The molecule has 8 heteroatoms. The maximum absolute atomic E-state index is 12.1. The van der Waals surface area contributed by atoms with Crippen molar-refractivity contribution in [2.45, 2.75) is 32.9 Å². The highest BCUT2D eigenvalue weighted by Crippen LogP contribution is 2.21. The lowest BCUT2D eigenvalue weighted by Crippen LogP contribution is -2.24. The van der Waals surface area contributed by atoms with Crippen LogP contribution in [-0.4, -0.2) is 38.5 Å². The number of pyridine rings is 1. The average Bonchev–Trinajstić information content (AvgIpc) is 3.05. The lowest BCUT2D eigenvalue weighted by Gasteiger charge is -2.17. The minimum atomic E-state index is -1.17. The van der Waals surface area contributed by atoms with Gasteiger partial charge in [-0.15, -0.1) is 5.10 Å². The van der Waals surface area contributed by atoms with Gasteiger partial charge in [0.1, 0.15) is 0 Å². The van der Waals surface area contributed by atoms with Crippen molar-refractivity contribution in [3.05, 3.63) is 42.0 Å². The summed E-state index contributed by atoms with van der Waals surface area (Å²) >= 11 is 0. The zero-order chi connectivity index (χ0) is 16.7. The third kappa shape index (κ3) is 4.60. The first-order valence-corrected chi connectivity index (χ1v) is 7.23. The third-order valence-electron chi connectivity index (χ3n) is 3.07. The van der Waals surface area contributed by atoms with Crippen molar-refractivity contribution in [3.8, 4) is 0 Å². The minimum absolute atomic E-state index is 0.0607. The van der Waals surface area contributed by atoms with Gasteiger partial charge in [0.2, 0.25) is 6.10 Å². The van der Waals surface area contributed by atoms with Crippen molar-refractivity contribution in [1.29, 1.82) is 0 Å². The van der Waals surface area contributed by atoms with Gasteiger partial charge in [-0.3, -0.25) is 14.5 Å². The molecule has 2 aromatic rings. The van der Waals surface area contributed by atoms with E-state index in [1.165, 1.54) is 17.1 Å². The molecule has 0 aromatic carbocycles. The van der Waals surface area contributed by atoms with E-state index in [9.17, 15) is 9.59 Å². The molecule has 2 rings (SSSR count). The zero-order valence-corrected chi connectivity index (χ0v) is 13.0. The van der Waals surface area contributed by atoms with Crippen LogP contribution in [0.25, 0.3) is 0 Å². The van der Waals surface area contributed by atoms with Crippen molar-refractivity contribution >= 4 is 11.9 Å². The van der Waals surface area contributed by atoms with Gasteiger partial charge in [-0.25, -0.2) is 4.79 Å². The highest BCUT2D eigenvalue weighted by Gasteiger charge is 2.29. The Kier molecular flexibility index (Phi) is 5.79. The molecule has 8 nitrogen and oxygen atoms in total. The number of carbonyl (C=O) groups is 2. The Labute approximate surface area is 133 Å². The van der Waals surface area contributed by atoms with Crippen molar-refractivity contribution < 1.29 is 19.1 Å². The average molecular weight is 318 g/mol. The number of aryl methyl sites for hydroxylation is 2. The number of hydrogen-bond donors (Lipinski definition) is 0. The fourth-order valence-corrected chi connectivity index (χ4v) is 1.95. The topological polar surface area (TPSA) is 96.2 Å². The van der Waals surface area contributed by atoms with Crippen molar-refractivity contribution in [2.75, 3.05) is 6.61 Å². The summed E-state index contributed by atoms with van der Waals surface area (Å²) in [7, 11) is 0. The van der Waals surface area contributed by atoms with Gasteiger partial charge in [0.15, 0.2) is 0 Å². The first-order valence-electron chi connectivity index (χ1n) is 7.23. The molecule has 0 radical (unpaired) electrons. The van der Waals surface area contributed by atoms with Gasteiger partial charge in [0, 0.05) is 12.4 Å². The molecular weight excluding hydrogens is 300 g/mol. The van der Waals surface area contributed by atoms with E-state index >= 15 is 0 Å². The molecule has 1 unspecified atom stereocenters. The number of nitrogens with zero attached hydrogens (tertiary/aromatic N) is 4. The molecule has 122 valence electrons. The van der Waals surface area contributed by atoms with Crippen LogP contribution in [0.4, 0.5) is 0 Å². The molecular formula is C15H18N4O4. The number of hydrogen-bond acceptors (Lipinski definition) is 7. The summed E-state index contributed by atoms with van der Waals surface area (Å²) in [5.41, 5.74) is 1.12. The third-order valence-corrected chi connectivity index (χ3v) is 3.07. The zero-order valence-electron chi connectivity index (χ0n) is 13.0. The van der Waals surface area contributed by atoms with Gasteiger partial charge < -0.3 is 9.47 Å². The predicted octanol–water partition coefficient (Wildman–Crippen LogP) is 1.22. The summed E-state index contributed by atoms with van der Waals surface area (Å²) in [4.78, 5) is 28.3. The number of rotatable bonds is 7. The van der Waals surface area contributed by atoms with Crippen LogP contribution in [0.5, 0.6) is 0 Å². The quantitative estimate of drug-likeness (QED) is 0.708. The molecule has 0 spiro atoms. The number of aromatic nitrogens is 4. The molecule has 0 fully saturated rings. The standard InChI is InChI=1S/C15H18N4O4/c1-3-22-15(21)14(13-11(2)5-4-7-16-13)23-12(20)6-9-19-10-8-17-18-19/h4-5,7-8,10,14H,3,6,9H2,1-2H3.